The number of aliphatic hydroxyl groups excluding tert-OH is 4. The van der Waals surface area contributed by atoms with Crippen LogP contribution in [0.1, 0.15) is 18.7 Å². The molecule has 9 heterocycles. The SMILES string of the molecule is COC1C(OP(O)(=S)OCC2OC(n3cnc4c(=O)[nH]c(N)nc43)C(O)C2O)C(COP(=O)(O)OP(=O)(S)OP(=O)(O)OCC2OC(n3c[n+](C)c4c(=O)[nH]c(N)nc43)C(O)C2O)OC1n1cnc2c(N)ncnc21. The van der Waals surface area contributed by atoms with Crippen molar-refractivity contribution in [2.75, 3.05) is 44.1 Å². The first-order valence-electron chi connectivity index (χ1n) is 21.2. The lowest BCUT2D eigenvalue weighted by Crippen LogP contribution is -2.37. The average Bonchev–Trinajstić information content (AvgIpc) is 4.17. The third-order valence-corrected chi connectivity index (χ3v) is 18.7. The summed E-state index contributed by atoms with van der Waals surface area (Å²) in [6, 6.07) is 0. The summed E-state index contributed by atoms with van der Waals surface area (Å²) in [4.78, 5) is 86.3. The molecule has 0 spiro atoms. The van der Waals surface area contributed by atoms with Crippen molar-refractivity contribution in [1.82, 2.24) is 53.6 Å². The highest BCUT2D eigenvalue weighted by atomic mass is 32.7. The molecule has 3 fully saturated rings. The minimum absolute atomic E-state index is 0.00348. The Morgan fingerprint density at radius 3 is 1.84 bits per heavy atom. The number of phosphoric acid groups is 2. The van der Waals surface area contributed by atoms with Crippen molar-refractivity contribution in [2.24, 2.45) is 7.05 Å². The number of methoxy groups -OCH3 is 1. The molecule has 410 valence electrons. The zero-order valence-corrected chi connectivity index (χ0v) is 43.3. The van der Waals surface area contributed by atoms with Gasteiger partial charge in [0.05, 0.1) is 39.5 Å². The number of hydrogen-bond acceptors (Lipinski definition) is 29. The summed E-state index contributed by atoms with van der Waals surface area (Å²) in [5, 5.41) is 43.4. The van der Waals surface area contributed by atoms with Gasteiger partial charge in [-0.2, -0.15) is 23.2 Å². The van der Waals surface area contributed by atoms with Crippen LogP contribution in [0.25, 0.3) is 33.5 Å². The molecule has 3 saturated heterocycles. The van der Waals surface area contributed by atoms with Gasteiger partial charge >= 0.3 is 34.7 Å². The third-order valence-electron chi connectivity index (χ3n) is 11.6. The smallest absolute Gasteiger partial charge is 0.387 e. The molecule has 0 aliphatic carbocycles. The number of ether oxygens (including phenoxy) is 4. The fraction of sp³-hybridized carbons (Fsp3) is 0.531. The predicted molar refractivity (Wildman–Crippen MR) is 252 cm³/mol. The fourth-order valence-corrected chi connectivity index (χ4v) is 14.9. The summed E-state index contributed by atoms with van der Waals surface area (Å²) in [6.45, 7) is -13.0. The Morgan fingerprint density at radius 1 is 0.707 bits per heavy atom. The Kier molecular flexibility index (Phi) is 15.4. The summed E-state index contributed by atoms with van der Waals surface area (Å²) in [7, 11) is -8.74. The van der Waals surface area contributed by atoms with Crippen LogP contribution in [0.2, 0.25) is 0 Å². The van der Waals surface area contributed by atoms with Gasteiger partial charge < -0.3 is 75.8 Å². The highest BCUT2D eigenvalue weighted by Crippen LogP contribution is 2.72. The Morgan fingerprint density at radius 2 is 1.23 bits per heavy atom. The van der Waals surface area contributed by atoms with E-state index in [1.165, 1.54) is 35.9 Å². The van der Waals surface area contributed by atoms with Crippen LogP contribution >= 0.6 is 41.4 Å². The van der Waals surface area contributed by atoms with E-state index in [0.717, 1.165) is 21.8 Å². The second kappa shape index (κ2) is 20.8. The standard InChI is InChI=1S/C32H43N15O22P4S2/c1-44-9-47(25-15(44)27(53)43-32(35)41-25)29-19(51)16(48)10(65-29)3-61-70(54,55)68-73(59,75)69-71(56,57)62-5-12-20(21(60-2)30(66-12)45-7-38-13-22(33)36-6-37-23(13)45)67-72(58,74)63-4-11-17(49)18(50)28(64-11)46-8-39-14-24(46)40-31(34)42-26(14)52/h6-12,16-21,28-30,48-51H,3-5H2,1-2H3,(H11-,33,34,35,36,37,40,41,42,43,52,53,54,55,56,57,58,59,74,75)/p+1. The number of nitrogens with one attached hydrogen (secondary N) is 2. The highest BCUT2D eigenvalue weighted by molar-refractivity contribution is 8.45. The number of nitrogens with zero attached hydrogens (tertiary/aromatic N) is 10. The van der Waals surface area contributed by atoms with E-state index in [1.54, 1.807) is 0 Å². The largest absolute Gasteiger partial charge is 0.480 e. The van der Waals surface area contributed by atoms with Gasteiger partial charge in [-0.1, -0.05) is 12.2 Å². The molecule has 0 bridgehead atoms. The van der Waals surface area contributed by atoms with Crippen molar-refractivity contribution < 1.29 is 99.0 Å². The lowest BCUT2D eigenvalue weighted by Gasteiger charge is -2.28. The van der Waals surface area contributed by atoms with Crippen LogP contribution in [0.3, 0.4) is 0 Å². The number of thiol groups is 1. The summed E-state index contributed by atoms with van der Waals surface area (Å²) in [5.41, 5.74) is 15.8. The zero-order chi connectivity index (χ0) is 54.3. The first-order chi connectivity index (χ1) is 35.2. The van der Waals surface area contributed by atoms with E-state index in [4.69, 9.17) is 66.1 Å². The van der Waals surface area contributed by atoms with Crippen molar-refractivity contribution in [2.45, 2.75) is 73.6 Å². The van der Waals surface area contributed by atoms with Crippen LogP contribution in [-0.2, 0) is 78.2 Å². The summed E-state index contributed by atoms with van der Waals surface area (Å²) >= 11 is 8.82. The van der Waals surface area contributed by atoms with Gasteiger partial charge in [-0.3, -0.25) is 42.3 Å². The molecule has 6 aromatic heterocycles. The first kappa shape index (κ1) is 55.4. The molecule has 75 heavy (non-hydrogen) atoms. The Bertz CT molecular complexity index is 3480. The molecule has 0 aromatic carbocycles. The monoisotopic (exact) mass is 1180 g/mol. The second-order valence-electron chi connectivity index (χ2n) is 16.5. The number of imidazole rings is 3. The minimum atomic E-state index is -5.74. The zero-order valence-electron chi connectivity index (χ0n) is 38.0. The normalized spacial score (nSPS) is 30.5. The molecule has 16 unspecified atom stereocenters. The topological polar surface area (TPSA) is 525 Å². The molecule has 43 heteroatoms. The molecule has 0 saturated carbocycles. The molecule has 15 N–H and O–H groups in total. The summed E-state index contributed by atoms with van der Waals surface area (Å²) < 4.78 is 98.1. The minimum Gasteiger partial charge on any atom is -0.387 e. The number of rotatable bonds is 19. The molecule has 3 aliphatic heterocycles. The van der Waals surface area contributed by atoms with E-state index in [0.29, 0.717) is 0 Å². The molecule has 16 atom stereocenters. The molecule has 0 radical (unpaired) electrons. The van der Waals surface area contributed by atoms with Crippen LogP contribution in [0, 0.1) is 0 Å². The highest BCUT2D eigenvalue weighted by Gasteiger charge is 2.53. The van der Waals surface area contributed by atoms with Crippen molar-refractivity contribution in [3.63, 3.8) is 0 Å². The van der Waals surface area contributed by atoms with E-state index in [1.807, 2.05) is 0 Å². The maximum absolute atomic E-state index is 13.3. The predicted octanol–water partition coefficient (Wildman–Crippen LogP) is -3.66. The van der Waals surface area contributed by atoms with E-state index in [9.17, 15) is 58.4 Å². The number of phosphoric ester groups is 2. The van der Waals surface area contributed by atoms with Gasteiger partial charge in [0.2, 0.25) is 24.5 Å². The maximum Gasteiger partial charge on any atom is 0.480 e. The second-order valence-corrected chi connectivity index (χ2v) is 25.4. The van der Waals surface area contributed by atoms with Crippen LogP contribution in [0.15, 0.2) is 34.9 Å². The number of nitrogen functional groups attached to an aromatic ring is 3. The molecule has 3 aliphatic rings. The summed E-state index contributed by atoms with van der Waals surface area (Å²) in [5.74, 6) is -0.607. The number of aromatic amines is 2. The van der Waals surface area contributed by atoms with Gasteiger partial charge in [0.15, 0.2) is 35.1 Å². The lowest BCUT2D eigenvalue weighted by molar-refractivity contribution is -0.646. The summed E-state index contributed by atoms with van der Waals surface area (Å²) in [6.07, 6.45) is -14.2. The lowest BCUT2D eigenvalue weighted by atomic mass is 10.1. The van der Waals surface area contributed by atoms with Crippen molar-refractivity contribution >= 4 is 104 Å². The Balaban J connectivity index is 0.862. The van der Waals surface area contributed by atoms with Crippen LogP contribution in [-0.4, -0.2) is 171 Å². The number of aromatic nitrogens is 12. The number of H-pyrrole nitrogens is 2. The van der Waals surface area contributed by atoms with Crippen molar-refractivity contribution in [1.29, 1.82) is 0 Å². The van der Waals surface area contributed by atoms with E-state index in [2.05, 4.69) is 60.7 Å². The van der Waals surface area contributed by atoms with E-state index < -0.39 is 134 Å². The number of fused-ring (bicyclic) bond motifs is 3. The maximum atomic E-state index is 13.3. The molecule has 37 nitrogen and oxygen atoms in total. The van der Waals surface area contributed by atoms with Gasteiger partial charge in [0.25, 0.3) is 16.7 Å². The van der Waals surface area contributed by atoms with Gasteiger partial charge in [0, 0.05) is 7.11 Å². The first-order valence-corrected chi connectivity index (χ1v) is 29.4. The van der Waals surface area contributed by atoms with E-state index in [-0.39, 0.29) is 51.2 Å². The van der Waals surface area contributed by atoms with Gasteiger partial charge in [-0.15, -0.1) is 0 Å². The fourth-order valence-electron chi connectivity index (χ4n) is 8.29. The molecule has 9 rings (SSSR count). The van der Waals surface area contributed by atoms with Gasteiger partial charge in [0.1, 0.15) is 66.8 Å². The molecule has 6 aromatic rings. The number of hydrogen-bond donors (Lipinski definition) is 13. The number of aryl methyl sites for hydroxylation is 1. The van der Waals surface area contributed by atoms with Crippen molar-refractivity contribution in [3.05, 3.63) is 46.0 Å². The average molecular weight is 1180 g/mol. The van der Waals surface area contributed by atoms with Crippen LogP contribution < -0.4 is 32.9 Å². The Hall–Kier alpha value is -4.34. The van der Waals surface area contributed by atoms with E-state index >= 15 is 0 Å². The number of nitrogens with two attached hydrogens (primary N) is 3. The molecular weight excluding hydrogens is 1130 g/mol. The molecular formula is C32H44N15O22P4S2+. The number of anilines is 3. The Labute approximate surface area is 426 Å². The van der Waals surface area contributed by atoms with Gasteiger partial charge in [-0.25, -0.2) is 38.2 Å². The van der Waals surface area contributed by atoms with Gasteiger partial charge in [-0.05, 0) is 11.8 Å². The van der Waals surface area contributed by atoms with Crippen LogP contribution in [0.4, 0.5) is 17.7 Å². The van der Waals surface area contributed by atoms with Crippen molar-refractivity contribution in [3.8, 4) is 0 Å². The van der Waals surface area contributed by atoms with Crippen LogP contribution in [0.5, 0.6) is 0 Å². The number of aliphatic hydroxyl groups is 4. The quantitative estimate of drug-likeness (QED) is 0.0211. The third kappa shape index (κ3) is 11.2. The molecule has 0 amide bonds.